The normalized spacial score (nSPS) is 15.8. The fourth-order valence-electron chi connectivity index (χ4n) is 3.24. The maximum Gasteiger partial charge on any atom is 0.335 e. The molecule has 0 atom stereocenters. The number of benzene rings is 1. The summed E-state index contributed by atoms with van der Waals surface area (Å²) in [6, 6.07) is 5.04. The molecular weight excluding hydrogens is 354 g/mol. The molecule has 4 rings (SSSR count). The van der Waals surface area contributed by atoms with Crippen LogP contribution in [-0.4, -0.2) is 45.6 Å². The van der Waals surface area contributed by atoms with E-state index in [0.717, 1.165) is 34.1 Å². The molecule has 1 N–H and O–H groups in total. The first kappa shape index (κ1) is 18.0. The Hall–Kier alpha value is -3.35. The zero-order chi connectivity index (χ0) is 20.0. The van der Waals surface area contributed by atoms with Crippen LogP contribution in [0.4, 0.5) is 5.82 Å². The molecule has 0 amide bonds. The molecule has 0 radical (unpaired) electrons. The topological polar surface area (TPSA) is 91.0 Å². The van der Waals surface area contributed by atoms with E-state index in [1.54, 1.807) is 18.2 Å². The molecule has 1 aromatic carbocycles. The van der Waals surface area contributed by atoms with Crippen molar-refractivity contribution in [3.8, 4) is 0 Å². The maximum absolute atomic E-state index is 11.3. The summed E-state index contributed by atoms with van der Waals surface area (Å²) in [5.41, 5.74) is 6.10. The molecule has 0 bridgehead atoms. The van der Waals surface area contributed by atoms with E-state index >= 15 is 0 Å². The highest BCUT2D eigenvalue weighted by molar-refractivity contribution is 6.28. The zero-order valence-electron chi connectivity index (χ0n) is 16.3. The molecule has 2 aromatic rings. The summed E-state index contributed by atoms with van der Waals surface area (Å²) >= 11 is 0. The second-order valence-electron chi connectivity index (χ2n) is 7.26. The van der Waals surface area contributed by atoms with Gasteiger partial charge in [-0.3, -0.25) is 0 Å². The number of aromatic carboxylic acids is 1. The highest BCUT2D eigenvalue weighted by Gasteiger charge is 2.24. The number of rotatable bonds is 4. The molecule has 0 spiro atoms. The number of hydrogen-bond donors (Lipinski definition) is 1. The number of fused-ring (bicyclic) bond motifs is 2. The number of allylic oxidation sites excluding steroid dienone is 4. The Morgan fingerprint density at radius 2 is 1.96 bits per heavy atom. The van der Waals surface area contributed by atoms with Crippen molar-refractivity contribution in [1.29, 1.82) is 0 Å². The van der Waals surface area contributed by atoms with Gasteiger partial charge in [-0.15, -0.1) is 0 Å². The summed E-state index contributed by atoms with van der Waals surface area (Å²) in [7, 11) is 1.97. The Balaban J connectivity index is 1.90. The molecule has 0 saturated carbocycles. The number of nitrogens with zero attached hydrogens (tertiary/aromatic N) is 5. The van der Waals surface area contributed by atoms with E-state index in [0.29, 0.717) is 17.5 Å². The van der Waals surface area contributed by atoms with Gasteiger partial charge in [0.25, 0.3) is 0 Å². The Morgan fingerprint density at radius 1 is 1.18 bits per heavy atom. The van der Waals surface area contributed by atoms with Crippen molar-refractivity contribution in [2.24, 2.45) is 10.2 Å². The molecule has 2 heterocycles. The number of hydrogen-bond acceptors (Lipinski definition) is 6. The molecule has 0 saturated heterocycles. The average Bonchev–Trinajstić information content (AvgIpc) is 3.06. The number of carboxylic acid groups (broad SMARTS) is 1. The summed E-state index contributed by atoms with van der Waals surface area (Å²) in [4.78, 5) is 23.0. The van der Waals surface area contributed by atoms with E-state index in [2.05, 4.69) is 36.2 Å². The van der Waals surface area contributed by atoms with E-state index < -0.39 is 5.97 Å². The van der Waals surface area contributed by atoms with Crippen molar-refractivity contribution in [3.05, 3.63) is 47.2 Å². The number of anilines is 1. The van der Waals surface area contributed by atoms with E-state index in [9.17, 15) is 9.90 Å². The lowest BCUT2D eigenvalue weighted by molar-refractivity contribution is 0.0697. The van der Waals surface area contributed by atoms with E-state index in [-0.39, 0.29) is 11.6 Å². The van der Waals surface area contributed by atoms with Gasteiger partial charge in [0.2, 0.25) is 0 Å². The smallest absolute Gasteiger partial charge is 0.335 e. The van der Waals surface area contributed by atoms with Crippen molar-refractivity contribution in [2.75, 3.05) is 11.9 Å². The lowest BCUT2D eigenvalue weighted by Crippen LogP contribution is -2.28. The summed E-state index contributed by atoms with van der Waals surface area (Å²) in [5, 5.41) is 17.7. The fraction of sp³-hybridized carbons (Fsp3) is 0.286. The number of aromatic nitrogens is 2. The van der Waals surface area contributed by atoms with Gasteiger partial charge < -0.3 is 10.0 Å². The van der Waals surface area contributed by atoms with Gasteiger partial charge in [-0.05, 0) is 45.0 Å². The summed E-state index contributed by atoms with van der Waals surface area (Å²) < 4.78 is 0. The van der Waals surface area contributed by atoms with Crippen LogP contribution < -0.4 is 4.90 Å². The van der Waals surface area contributed by atoms with Crippen LogP contribution in [0.2, 0.25) is 0 Å². The molecule has 7 nitrogen and oxygen atoms in total. The molecule has 142 valence electrons. The van der Waals surface area contributed by atoms with Crippen LogP contribution in [0, 0.1) is 0 Å². The van der Waals surface area contributed by atoms with Gasteiger partial charge in [0.05, 0.1) is 28.0 Å². The minimum absolute atomic E-state index is 0.199. The quantitative estimate of drug-likeness (QED) is 0.879. The van der Waals surface area contributed by atoms with Gasteiger partial charge >= 0.3 is 5.97 Å². The van der Waals surface area contributed by atoms with Gasteiger partial charge in [-0.1, -0.05) is 6.08 Å². The third-order valence-corrected chi connectivity index (χ3v) is 5.11. The van der Waals surface area contributed by atoms with Crippen molar-refractivity contribution in [1.82, 2.24) is 9.97 Å². The molecule has 2 aliphatic rings. The van der Waals surface area contributed by atoms with E-state index in [1.165, 1.54) is 0 Å². The summed E-state index contributed by atoms with van der Waals surface area (Å²) in [6.45, 7) is 6.11. The third-order valence-electron chi connectivity index (χ3n) is 5.11. The Morgan fingerprint density at radius 3 is 2.68 bits per heavy atom. The maximum atomic E-state index is 11.3. The van der Waals surface area contributed by atoms with Crippen LogP contribution >= 0.6 is 0 Å². The van der Waals surface area contributed by atoms with Crippen LogP contribution in [0.15, 0.2) is 46.1 Å². The van der Waals surface area contributed by atoms with Gasteiger partial charge in [0.15, 0.2) is 5.82 Å². The Kier molecular flexibility index (Phi) is 4.30. The lowest BCUT2D eigenvalue weighted by atomic mass is 9.93. The summed E-state index contributed by atoms with van der Waals surface area (Å²) in [6.07, 6.45) is 4.85. The Bertz CT molecular complexity index is 1130. The van der Waals surface area contributed by atoms with Gasteiger partial charge in [-0.25, -0.2) is 14.8 Å². The van der Waals surface area contributed by atoms with Gasteiger partial charge in [0.1, 0.15) is 5.69 Å². The second kappa shape index (κ2) is 6.67. The second-order valence-corrected chi connectivity index (χ2v) is 7.26. The predicted octanol–water partition coefficient (Wildman–Crippen LogP) is 3.72. The standard InChI is InChI=1S/C21H21N5O2/c1-11(2)26(4)20-19(13-5-7-16-15(9-13)12(3)24-25-16)22-17-8-6-14(21(27)28)10-18(17)23-20/h5-6,8-11H,7H2,1-4H3,(H,27,28). The van der Waals surface area contributed by atoms with Crippen molar-refractivity contribution >= 4 is 39.8 Å². The highest BCUT2D eigenvalue weighted by atomic mass is 16.4. The molecule has 1 aliphatic heterocycles. The van der Waals surface area contributed by atoms with Crippen LogP contribution in [0.5, 0.6) is 0 Å². The molecular formula is C21H21N5O2. The molecule has 7 heteroatoms. The van der Waals surface area contributed by atoms with E-state index in [4.69, 9.17) is 9.97 Å². The minimum atomic E-state index is -0.978. The molecule has 28 heavy (non-hydrogen) atoms. The average molecular weight is 375 g/mol. The zero-order valence-corrected chi connectivity index (χ0v) is 16.3. The monoisotopic (exact) mass is 375 g/mol. The SMILES string of the molecule is CC1=NN=C2CC=C(c3nc4ccc(C(=O)O)cc4nc3N(C)C(C)C)C=C12. The van der Waals surface area contributed by atoms with Gasteiger partial charge in [-0.2, -0.15) is 10.2 Å². The molecule has 0 unspecified atom stereocenters. The van der Waals surface area contributed by atoms with Crippen LogP contribution in [0.25, 0.3) is 16.6 Å². The van der Waals surface area contributed by atoms with Crippen LogP contribution in [0.1, 0.15) is 43.2 Å². The lowest BCUT2D eigenvalue weighted by Gasteiger charge is -2.26. The predicted molar refractivity (Wildman–Crippen MR) is 111 cm³/mol. The number of carbonyl (C=O) groups is 1. The van der Waals surface area contributed by atoms with Crippen LogP contribution in [-0.2, 0) is 0 Å². The van der Waals surface area contributed by atoms with Gasteiger partial charge in [0, 0.05) is 30.7 Å². The fourth-order valence-corrected chi connectivity index (χ4v) is 3.24. The van der Waals surface area contributed by atoms with Crippen LogP contribution in [0.3, 0.4) is 0 Å². The third kappa shape index (κ3) is 2.98. The summed E-state index contributed by atoms with van der Waals surface area (Å²) in [5.74, 6) is -0.254. The van der Waals surface area contributed by atoms with Crippen molar-refractivity contribution in [2.45, 2.75) is 33.2 Å². The largest absolute Gasteiger partial charge is 0.478 e. The number of carboxylic acids is 1. The molecule has 1 aliphatic carbocycles. The minimum Gasteiger partial charge on any atom is -0.478 e. The molecule has 1 aromatic heterocycles. The van der Waals surface area contributed by atoms with Crippen molar-refractivity contribution < 1.29 is 9.90 Å². The van der Waals surface area contributed by atoms with E-state index in [1.807, 2.05) is 18.9 Å². The Labute approximate surface area is 162 Å². The highest BCUT2D eigenvalue weighted by Crippen LogP contribution is 2.32. The van der Waals surface area contributed by atoms with Crippen molar-refractivity contribution in [3.63, 3.8) is 0 Å². The molecule has 0 fully saturated rings. The first-order chi connectivity index (χ1) is 13.3. The first-order valence-corrected chi connectivity index (χ1v) is 9.17. The first-order valence-electron chi connectivity index (χ1n) is 9.17.